The molecule has 5 heteroatoms. The number of nitrogens with zero attached hydrogens (tertiary/aromatic N) is 2. The fourth-order valence-electron chi connectivity index (χ4n) is 2.29. The van der Waals surface area contributed by atoms with Crippen LogP contribution in [0.15, 0.2) is 0 Å². The first-order valence-corrected chi connectivity index (χ1v) is 5.42. The van der Waals surface area contributed by atoms with E-state index in [0.29, 0.717) is 5.15 Å². The zero-order chi connectivity index (χ0) is 11.0. The van der Waals surface area contributed by atoms with Gasteiger partial charge < -0.3 is 9.67 Å². The van der Waals surface area contributed by atoms with E-state index in [9.17, 15) is 4.79 Å². The van der Waals surface area contributed by atoms with E-state index >= 15 is 0 Å². The second-order valence-electron chi connectivity index (χ2n) is 3.91. The van der Waals surface area contributed by atoms with Crippen molar-refractivity contribution in [1.29, 1.82) is 0 Å². The Labute approximate surface area is 92.9 Å². The zero-order valence-electron chi connectivity index (χ0n) is 8.53. The van der Waals surface area contributed by atoms with Gasteiger partial charge in [-0.05, 0) is 26.2 Å². The minimum atomic E-state index is -0.767. The third kappa shape index (κ3) is 1.86. The van der Waals surface area contributed by atoms with Gasteiger partial charge >= 0.3 is 5.97 Å². The van der Waals surface area contributed by atoms with Crippen molar-refractivity contribution < 1.29 is 9.90 Å². The molecule has 1 N–H and O–H groups in total. The van der Waals surface area contributed by atoms with E-state index < -0.39 is 5.97 Å². The van der Waals surface area contributed by atoms with Crippen LogP contribution in [0.4, 0.5) is 0 Å². The summed E-state index contributed by atoms with van der Waals surface area (Å²) >= 11 is 5.99. The summed E-state index contributed by atoms with van der Waals surface area (Å²) in [5, 5.41) is 9.35. The maximum atomic E-state index is 10.7. The quantitative estimate of drug-likeness (QED) is 0.844. The molecule has 2 heterocycles. The van der Waals surface area contributed by atoms with Gasteiger partial charge in [0.05, 0.1) is 12.1 Å². The molecule has 1 aromatic rings. The fourth-order valence-corrected chi connectivity index (χ4v) is 2.60. The molecule has 0 radical (unpaired) electrons. The van der Waals surface area contributed by atoms with Crippen molar-refractivity contribution in [3.05, 3.63) is 16.7 Å². The van der Waals surface area contributed by atoms with Gasteiger partial charge in [0.1, 0.15) is 5.82 Å². The maximum absolute atomic E-state index is 10.7. The smallest absolute Gasteiger partial charge is 0.305 e. The standard InChI is InChI=1S/C10H13ClN2O2/c1-6-12-10(11)8-4-2-3-7(13(6)8)5-9(14)15/h7H,2-5H2,1H3,(H,14,15). The van der Waals surface area contributed by atoms with Crippen molar-refractivity contribution in [2.75, 3.05) is 0 Å². The Morgan fingerprint density at radius 3 is 3.13 bits per heavy atom. The molecule has 1 aliphatic rings. The van der Waals surface area contributed by atoms with Crippen LogP contribution in [0.2, 0.25) is 5.15 Å². The van der Waals surface area contributed by atoms with E-state index in [1.165, 1.54) is 0 Å². The molecule has 1 aromatic heterocycles. The maximum Gasteiger partial charge on any atom is 0.305 e. The number of carboxylic acids is 1. The Morgan fingerprint density at radius 2 is 2.47 bits per heavy atom. The van der Waals surface area contributed by atoms with E-state index in [-0.39, 0.29) is 12.5 Å². The number of aliphatic carboxylic acids is 1. The van der Waals surface area contributed by atoms with E-state index in [2.05, 4.69) is 4.98 Å². The average molecular weight is 229 g/mol. The van der Waals surface area contributed by atoms with Crippen LogP contribution in [0.1, 0.15) is 36.8 Å². The molecule has 1 unspecified atom stereocenters. The van der Waals surface area contributed by atoms with Crippen LogP contribution in [0, 0.1) is 6.92 Å². The van der Waals surface area contributed by atoms with Crippen LogP contribution < -0.4 is 0 Å². The monoisotopic (exact) mass is 228 g/mol. The van der Waals surface area contributed by atoms with Crippen LogP contribution in [-0.2, 0) is 11.2 Å². The highest BCUT2D eigenvalue weighted by molar-refractivity contribution is 6.30. The van der Waals surface area contributed by atoms with Gasteiger partial charge in [-0.1, -0.05) is 11.6 Å². The first-order valence-electron chi connectivity index (χ1n) is 5.04. The molecule has 0 amide bonds. The van der Waals surface area contributed by atoms with Crippen molar-refractivity contribution in [3.63, 3.8) is 0 Å². The van der Waals surface area contributed by atoms with Crippen molar-refractivity contribution in [1.82, 2.24) is 9.55 Å². The lowest BCUT2D eigenvalue weighted by molar-refractivity contribution is -0.138. The highest BCUT2D eigenvalue weighted by atomic mass is 35.5. The number of aryl methyl sites for hydroxylation is 1. The molecule has 1 atom stereocenters. The normalized spacial score (nSPS) is 20.0. The molecular formula is C10H13ClN2O2. The number of halogens is 1. The summed E-state index contributed by atoms with van der Waals surface area (Å²) in [6.45, 7) is 1.87. The number of rotatable bonds is 2. The topological polar surface area (TPSA) is 55.1 Å². The Hall–Kier alpha value is -1.03. The Bertz CT molecular complexity index is 400. The lowest BCUT2D eigenvalue weighted by atomic mass is 10.0. The molecule has 0 aromatic carbocycles. The summed E-state index contributed by atoms with van der Waals surface area (Å²) in [6, 6.07) is 0.0197. The summed E-state index contributed by atoms with van der Waals surface area (Å²) in [5.41, 5.74) is 0.992. The third-order valence-corrected chi connectivity index (χ3v) is 3.17. The Balaban J connectivity index is 2.37. The van der Waals surface area contributed by atoms with Gasteiger partial charge in [0, 0.05) is 6.04 Å². The van der Waals surface area contributed by atoms with E-state index in [1.54, 1.807) is 0 Å². The molecule has 1 aliphatic heterocycles. The lowest BCUT2D eigenvalue weighted by Gasteiger charge is -2.25. The largest absolute Gasteiger partial charge is 0.481 e. The van der Waals surface area contributed by atoms with Crippen molar-refractivity contribution in [2.45, 2.75) is 38.6 Å². The second kappa shape index (κ2) is 3.85. The third-order valence-electron chi connectivity index (χ3n) is 2.86. The van der Waals surface area contributed by atoms with E-state index in [1.807, 2.05) is 11.5 Å². The molecule has 15 heavy (non-hydrogen) atoms. The zero-order valence-corrected chi connectivity index (χ0v) is 9.29. The van der Waals surface area contributed by atoms with Gasteiger partial charge in [-0.25, -0.2) is 4.98 Å². The van der Waals surface area contributed by atoms with Gasteiger partial charge in [-0.3, -0.25) is 4.79 Å². The fraction of sp³-hybridized carbons (Fsp3) is 0.600. The van der Waals surface area contributed by atoms with Crippen LogP contribution in [0.25, 0.3) is 0 Å². The SMILES string of the molecule is Cc1nc(Cl)c2n1C(CC(=O)O)CCC2. The van der Waals surface area contributed by atoms with Gasteiger partial charge in [0.25, 0.3) is 0 Å². The Morgan fingerprint density at radius 1 is 1.73 bits per heavy atom. The molecule has 0 aliphatic carbocycles. The highest BCUT2D eigenvalue weighted by Crippen LogP contribution is 2.32. The van der Waals surface area contributed by atoms with Crippen LogP contribution in [-0.4, -0.2) is 20.6 Å². The van der Waals surface area contributed by atoms with E-state index in [0.717, 1.165) is 30.8 Å². The lowest BCUT2D eigenvalue weighted by Crippen LogP contribution is -2.21. The van der Waals surface area contributed by atoms with Crippen molar-refractivity contribution >= 4 is 17.6 Å². The number of carbonyl (C=O) groups is 1. The van der Waals surface area contributed by atoms with Gasteiger partial charge in [-0.15, -0.1) is 0 Å². The average Bonchev–Trinajstić information content (AvgIpc) is 2.43. The summed E-state index contributed by atoms with van der Waals surface area (Å²) in [6.07, 6.45) is 2.94. The summed E-state index contributed by atoms with van der Waals surface area (Å²) in [5.74, 6) is 0.0537. The molecule has 82 valence electrons. The van der Waals surface area contributed by atoms with Crippen LogP contribution in [0.5, 0.6) is 0 Å². The Kier molecular flexibility index (Phi) is 2.69. The van der Waals surface area contributed by atoms with Crippen LogP contribution in [0.3, 0.4) is 0 Å². The van der Waals surface area contributed by atoms with Gasteiger partial charge in [-0.2, -0.15) is 0 Å². The molecule has 0 spiro atoms. The number of carboxylic acid groups (broad SMARTS) is 1. The first-order chi connectivity index (χ1) is 7.09. The van der Waals surface area contributed by atoms with Crippen LogP contribution >= 0.6 is 11.6 Å². The van der Waals surface area contributed by atoms with Crippen molar-refractivity contribution in [3.8, 4) is 0 Å². The predicted molar refractivity (Wildman–Crippen MR) is 56.2 cm³/mol. The first kappa shape index (κ1) is 10.5. The molecule has 0 bridgehead atoms. The molecule has 0 saturated heterocycles. The minimum absolute atomic E-state index is 0.0197. The number of imidazole rings is 1. The van der Waals surface area contributed by atoms with E-state index in [4.69, 9.17) is 16.7 Å². The van der Waals surface area contributed by atoms with Gasteiger partial charge in [0.15, 0.2) is 5.15 Å². The minimum Gasteiger partial charge on any atom is -0.481 e. The van der Waals surface area contributed by atoms with Crippen molar-refractivity contribution in [2.24, 2.45) is 0 Å². The summed E-state index contributed by atoms with van der Waals surface area (Å²) in [7, 11) is 0. The van der Waals surface area contributed by atoms with Gasteiger partial charge in [0.2, 0.25) is 0 Å². The molecule has 2 rings (SSSR count). The molecular weight excluding hydrogens is 216 g/mol. The number of aromatic nitrogens is 2. The predicted octanol–water partition coefficient (Wildman–Crippen LogP) is 2.20. The highest BCUT2D eigenvalue weighted by Gasteiger charge is 2.26. The number of hydrogen-bond acceptors (Lipinski definition) is 2. The molecule has 0 fully saturated rings. The number of hydrogen-bond donors (Lipinski definition) is 1. The summed E-state index contributed by atoms with van der Waals surface area (Å²) < 4.78 is 1.99. The molecule has 0 saturated carbocycles. The second-order valence-corrected chi connectivity index (χ2v) is 4.27. The molecule has 4 nitrogen and oxygen atoms in total. The number of fused-ring (bicyclic) bond motifs is 1. The summed E-state index contributed by atoms with van der Waals surface area (Å²) in [4.78, 5) is 14.9.